The molecule has 0 aliphatic carbocycles. The van der Waals surface area contributed by atoms with E-state index in [1.54, 1.807) is 6.92 Å². The quantitative estimate of drug-likeness (QED) is 0.613. The van der Waals surface area contributed by atoms with Gasteiger partial charge in [-0.25, -0.2) is 4.39 Å². The second-order valence-electron chi connectivity index (χ2n) is 5.71. The van der Waals surface area contributed by atoms with Crippen molar-refractivity contribution in [3.05, 3.63) is 47.8 Å². The van der Waals surface area contributed by atoms with Crippen LogP contribution < -0.4 is 16.4 Å². The fourth-order valence-electron chi connectivity index (χ4n) is 2.15. The molecule has 0 bridgehead atoms. The Balaban J connectivity index is 2.87. The summed E-state index contributed by atoms with van der Waals surface area (Å²) in [5, 5.41) is 5.04. The van der Waals surface area contributed by atoms with Crippen LogP contribution in [-0.2, 0) is 20.8 Å². The average Bonchev–Trinajstić information content (AvgIpc) is 2.47. The molecule has 0 aliphatic rings. The third kappa shape index (κ3) is 6.60. The average molecular weight is 335 g/mol. The monoisotopic (exact) mass is 335 g/mol. The number of hydrogen-bond donors (Lipinski definition) is 3. The summed E-state index contributed by atoms with van der Waals surface area (Å²) in [6.45, 7) is 6.69. The number of nitrogens with two attached hydrogens (primary N) is 1. The van der Waals surface area contributed by atoms with Crippen LogP contribution in [-0.4, -0.2) is 29.8 Å². The molecule has 1 aromatic carbocycles. The number of carbonyl (C=O) groups is 3. The third-order valence-electron chi connectivity index (χ3n) is 3.26. The summed E-state index contributed by atoms with van der Waals surface area (Å²) in [6.07, 6.45) is 0.370. The molecule has 1 rings (SSSR count). The van der Waals surface area contributed by atoms with E-state index in [2.05, 4.69) is 17.2 Å². The van der Waals surface area contributed by atoms with Gasteiger partial charge in [0.25, 0.3) is 0 Å². The van der Waals surface area contributed by atoms with Gasteiger partial charge in [0, 0.05) is 13.3 Å². The molecule has 0 aliphatic heterocycles. The summed E-state index contributed by atoms with van der Waals surface area (Å²) in [7, 11) is 0. The molecule has 0 heterocycles. The number of benzene rings is 1. The van der Waals surface area contributed by atoms with Crippen LogP contribution in [0.15, 0.2) is 36.4 Å². The van der Waals surface area contributed by atoms with E-state index in [9.17, 15) is 18.8 Å². The van der Waals surface area contributed by atoms with Crippen LogP contribution in [0, 0.1) is 5.82 Å². The molecule has 1 aromatic rings. The highest BCUT2D eigenvalue weighted by Gasteiger charge is 2.25. The molecule has 0 saturated heterocycles. The molecule has 7 heteroatoms. The number of hydrogen-bond acceptors (Lipinski definition) is 3. The number of carbonyl (C=O) groups excluding carboxylic acids is 3. The highest BCUT2D eigenvalue weighted by Crippen LogP contribution is 2.08. The van der Waals surface area contributed by atoms with Gasteiger partial charge < -0.3 is 16.4 Å². The number of nitrogens with one attached hydrogen (secondary N) is 2. The van der Waals surface area contributed by atoms with E-state index in [-0.39, 0.29) is 12.8 Å². The lowest BCUT2D eigenvalue weighted by Gasteiger charge is -2.21. The van der Waals surface area contributed by atoms with E-state index in [1.165, 1.54) is 31.2 Å². The first-order valence-corrected chi connectivity index (χ1v) is 7.44. The van der Waals surface area contributed by atoms with Crippen LogP contribution in [0.2, 0.25) is 0 Å². The zero-order valence-corrected chi connectivity index (χ0v) is 13.8. The molecule has 0 aromatic heterocycles. The summed E-state index contributed by atoms with van der Waals surface area (Å²) in [5.74, 6) is -2.02. The summed E-state index contributed by atoms with van der Waals surface area (Å²) >= 11 is 0. The molecule has 0 fully saturated rings. The van der Waals surface area contributed by atoms with Gasteiger partial charge in [-0.15, -0.1) is 6.58 Å². The molecule has 2 atom stereocenters. The van der Waals surface area contributed by atoms with E-state index in [4.69, 9.17) is 5.73 Å². The molecule has 3 amide bonds. The highest BCUT2D eigenvalue weighted by atomic mass is 19.1. The molecule has 24 heavy (non-hydrogen) atoms. The molecule has 0 radical (unpaired) electrons. The molecule has 130 valence electrons. The van der Waals surface area contributed by atoms with Gasteiger partial charge in [-0.3, -0.25) is 14.4 Å². The van der Waals surface area contributed by atoms with Gasteiger partial charge in [0.1, 0.15) is 17.9 Å². The van der Waals surface area contributed by atoms with Gasteiger partial charge in [0.2, 0.25) is 17.7 Å². The normalized spacial score (nSPS) is 12.8. The summed E-state index contributed by atoms with van der Waals surface area (Å²) in [5.41, 5.74) is 6.64. The summed E-state index contributed by atoms with van der Waals surface area (Å²) in [4.78, 5) is 35.2. The van der Waals surface area contributed by atoms with Crippen LogP contribution in [0.1, 0.15) is 25.8 Å². The van der Waals surface area contributed by atoms with Gasteiger partial charge in [0.05, 0.1) is 0 Å². The maximum atomic E-state index is 13.0. The Labute approximate surface area is 140 Å². The van der Waals surface area contributed by atoms with Crippen LogP contribution in [0.5, 0.6) is 0 Å². The van der Waals surface area contributed by atoms with Gasteiger partial charge in [-0.05, 0) is 31.0 Å². The third-order valence-corrected chi connectivity index (χ3v) is 3.26. The fraction of sp³-hybridized carbons (Fsp3) is 0.353. The molecule has 4 N–H and O–H groups in total. The second kappa shape index (κ2) is 8.81. The van der Waals surface area contributed by atoms with Gasteiger partial charge >= 0.3 is 0 Å². The summed E-state index contributed by atoms with van der Waals surface area (Å²) in [6, 6.07) is 3.78. The number of rotatable bonds is 8. The van der Waals surface area contributed by atoms with Crippen LogP contribution in [0.3, 0.4) is 0 Å². The molecule has 6 nitrogen and oxygen atoms in total. The van der Waals surface area contributed by atoms with Gasteiger partial charge in [-0.1, -0.05) is 17.7 Å². The Morgan fingerprint density at radius 1 is 1.12 bits per heavy atom. The largest absolute Gasteiger partial charge is 0.368 e. The molecular formula is C17H22FN3O3. The topological polar surface area (TPSA) is 101 Å². The van der Waals surface area contributed by atoms with E-state index >= 15 is 0 Å². The number of primary amides is 1. The van der Waals surface area contributed by atoms with Crippen molar-refractivity contribution in [2.24, 2.45) is 5.73 Å². The van der Waals surface area contributed by atoms with E-state index in [1.807, 2.05) is 0 Å². The lowest BCUT2D eigenvalue weighted by molar-refractivity contribution is -0.130. The molecule has 0 spiro atoms. The van der Waals surface area contributed by atoms with E-state index in [0.717, 1.165) is 0 Å². The van der Waals surface area contributed by atoms with E-state index in [0.29, 0.717) is 11.1 Å². The lowest BCUT2D eigenvalue weighted by Crippen LogP contribution is -2.53. The minimum absolute atomic E-state index is 0.157. The number of amides is 3. The zero-order chi connectivity index (χ0) is 18.3. The number of halogens is 1. The first-order chi connectivity index (χ1) is 11.2. The predicted octanol–water partition coefficient (Wildman–Crippen LogP) is 0.809. The second-order valence-corrected chi connectivity index (χ2v) is 5.71. The van der Waals surface area contributed by atoms with Crippen molar-refractivity contribution in [3.63, 3.8) is 0 Å². The van der Waals surface area contributed by atoms with E-state index < -0.39 is 35.6 Å². The smallest absolute Gasteiger partial charge is 0.243 e. The van der Waals surface area contributed by atoms with Crippen molar-refractivity contribution in [1.82, 2.24) is 10.6 Å². The Morgan fingerprint density at radius 2 is 1.71 bits per heavy atom. The van der Waals surface area contributed by atoms with Crippen molar-refractivity contribution in [2.75, 3.05) is 0 Å². The van der Waals surface area contributed by atoms with Crippen molar-refractivity contribution < 1.29 is 18.8 Å². The van der Waals surface area contributed by atoms with Crippen LogP contribution in [0.4, 0.5) is 4.39 Å². The molecule has 0 unspecified atom stereocenters. The molecule has 0 saturated carbocycles. The summed E-state index contributed by atoms with van der Waals surface area (Å²) < 4.78 is 13.0. The van der Waals surface area contributed by atoms with Crippen LogP contribution >= 0.6 is 0 Å². The van der Waals surface area contributed by atoms with Gasteiger partial charge in [0.15, 0.2) is 0 Å². The first kappa shape index (κ1) is 19.3. The van der Waals surface area contributed by atoms with Crippen molar-refractivity contribution in [2.45, 2.75) is 38.8 Å². The minimum Gasteiger partial charge on any atom is -0.368 e. The van der Waals surface area contributed by atoms with Gasteiger partial charge in [-0.2, -0.15) is 0 Å². The predicted molar refractivity (Wildman–Crippen MR) is 88.3 cm³/mol. The van der Waals surface area contributed by atoms with Crippen molar-refractivity contribution >= 4 is 17.7 Å². The van der Waals surface area contributed by atoms with Crippen molar-refractivity contribution in [1.29, 1.82) is 0 Å². The fourth-order valence-corrected chi connectivity index (χ4v) is 2.15. The lowest BCUT2D eigenvalue weighted by atomic mass is 10.0. The van der Waals surface area contributed by atoms with Crippen molar-refractivity contribution in [3.8, 4) is 0 Å². The highest BCUT2D eigenvalue weighted by molar-refractivity contribution is 5.91. The SMILES string of the molecule is C=C(C)C[C@@H](NC(=O)[C@@H](Cc1ccc(F)cc1)NC(C)=O)C(N)=O. The maximum absolute atomic E-state index is 13.0. The Morgan fingerprint density at radius 3 is 2.17 bits per heavy atom. The first-order valence-electron chi connectivity index (χ1n) is 7.44. The Hall–Kier alpha value is -2.70. The minimum atomic E-state index is -0.903. The molecular weight excluding hydrogens is 313 g/mol. The Bertz CT molecular complexity index is 628. The zero-order valence-electron chi connectivity index (χ0n) is 13.8. The van der Waals surface area contributed by atoms with Crippen LogP contribution in [0.25, 0.3) is 0 Å². The maximum Gasteiger partial charge on any atom is 0.243 e. The standard InChI is InChI=1S/C17H22FN3O3/c1-10(2)8-14(16(19)23)21-17(24)15(20-11(3)22)9-12-4-6-13(18)7-5-12/h4-7,14-15H,1,8-9H2,2-3H3,(H2,19,23)(H,20,22)(H,21,24)/t14-,15-/m1/s1. The Kier molecular flexibility index (Phi) is 7.10.